The molecule has 9 heteroatoms. The number of carbonyl (C=O) groups is 1. The number of esters is 1. The van der Waals surface area contributed by atoms with E-state index < -0.39 is 19.9 Å². The molecule has 0 spiro atoms. The van der Waals surface area contributed by atoms with Crippen molar-refractivity contribution >= 4 is 13.8 Å². The Balaban J connectivity index is 4.05. The van der Waals surface area contributed by atoms with Crippen molar-refractivity contribution in [1.82, 2.24) is 0 Å². The van der Waals surface area contributed by atoms with Crippen molar-refractivity contribution < 1.29 is 32.8 Å². The second-order valence-corrected chi connectivity index (χ2v) is 16.4. The van der Waals surface area contributed by atoms with Gasteiger partial charge in [0.2, 0.25) is 0 Å². The summed E-state index contributed by atoms with van der Waals surface area (Å²) in [6.07, 6.45) is 59.3. The number of rotatable bonds is 43. The molecule has 334 valence electrons. The molecular weight excluding hydrogens is 746 g/mol. The van der Waals surface area contributed by atoms with E-state index >= 15 is 0 Å². The SMILES string of the molecule is CC/C=C\C/C=C\C/C=C\C/C=C\C/C=C\CC(=O)OC(COCCCCCCCCCCCCCC/C=C\C/C=C\CCCCCCC)COP(=O)(O)OCCN. The number of hydrogen-bond acceptors (Lipinski definition) is 7. The Hall–Kier alpha value is -2.32. The molecule has 0 fully saturated rings. The Bertz CT molecular complexity index is 1160. The largest absolute Gasteiger partial charge is 0.472 e. The molecule has 0 saturated carbocycles. The molecule has 58 heavy (non-hydrogen) atoms. The lowest BCUT2D eigenvalue weighted by atomic mass is 10.0. The normalized spacial score (nSPS) is 14.2. The van der Waals surface area contributed by atoms with Gasteiger partial charge in [0.15, 0.2) is 0 Å². The first-order chi connectivity index (χ1) is 28.4. The minimum absolute atomic E-state index is 0.0714. The van der Waals surface area contributed by atoms with Gasteiger partial charge in [-0.3, -0.25) is 13.8 Å². The summed E-state index contributed by atoms with van der Waals surface area (Å²) >= 11 is 0. The van der Waals surface area contributed by atoms with Crippen molar-refractivity contribution in [1.29, 1.82) is 0 Å². The lowest BCUT2D eigenvalue weighted by molar-refractivity contribution is -0.153. The first kappa shape index (κ1) is 55.7. The Morgan fingerprint density at radius 1 is 0.534 bits per heavy atom. The van der Waals surface area contributed by atoms with Crippen molar-refractivity contribution in [2.75, 3.05) is 33.0 Å². The predicted octanol–water partition coefficient (Wildman–Crippen LogP) is 14.1. The Labute approximate surface area is 356 Å². The van der Waals surface area contributed by atoms with Gasteiger partial charge in [0, 0.05) is 13.2 Å². The van der Waals surface area contributed by atoms with Crippen molar-refractivity contribution in [3.05, 3.63) is 85.1 Å². The zero-order chi connectivity index (χ0) is 42.3. The fourth-order valence-electron chi connectivity index (χ4n) is 5.98. The van der Waals surface area contributed by atoms with Crippen LogP contribution in [0.3, 0.4) is 0 Å². The zero-order valence-electron chi connectivity index (χ0n) is 37.0. The van der Waals surface area contributed by atoms with Crippen molar-refractivity contribution in [3.8, 4) is 0 Å². The van der Waals surface area contributed by atoms with E-state index in [1.165, 1.54) is 109 Å². The summed E-state index contributed by atoms with van der Waals surface area (Å²) in [6, 6.07) is 0. The van der Waals surface area contributed by atoms with Crippen LogP contribution in [0.4, 0.5) is 0 Å². The average Bonchev–Trinajstić information content (AvgIpc) is 3.21. The van der Waals surface area contributed by atoms with Gasteiger partial charge >= 0.3 is 13.8 Å². The van der Waals surface area contributed by atoms with E-state index in [0.717, 1.165) is 44.9 Å². The van der Waals surface area contributed by atoms with Crippen LogP contribution in [0.2, 0.25) is 0 Å². The number of hydrogen-bond donors (Lipinski definition) is 2. The van der Waals surface area contributed by atoms with E-state index in [1.807, 2.05) is 6.08 Å². The van der Waals surface area contributed by atoms with Crippen LogP contribution in [0.5, 0.6) is 0 Å². The van der Waals surface area contributed by atoms with Gasteiger partial charge < -0.3 is 20.1 Å². The number of allylic oxidation sites excluding steroid dienone is 13. The van der Waals surface area contributed by atoms with Gasteiger partial charge in [-0.05, 0) is 70.6 Å². The van der Waals surface area contributed by atoms with Gasteiger partial charge in [-0.25, -0.2) is 4.57 Å². The molecule has 0 amide bonds. The van der Waals surface area contributed by atoms with Gasteiger partial charge in [-0.1, -0.05) is 189 Å². The van der Waals surface area contributed by atoms with E-state index in [1.54, 1.807) is 6.08 Å². The first-order valence-electron chi connectivity index (χ1n) is 23.1. The molecule has 3 N–H and O–H groups in total. The fourth-order valence-corrected chi connectivity index (χ4v) is 6.75. The third-order valence-electron chi connectivity index (χ3n) is 9.33. The van der Waals surface area contributed by atoms with Crippen LogP contribution in [0.25, 0.3) is 0 Å². The third-order valence-corrected chi connectivity index (χ3v) is 10.3. The average molecular weight is 832 g/mol. The summed E-state index contributed by atoms with van der Waals surface area (Å²) in [7, 11) is -4.31. The molecule has 0 aromatic heterocycles. The highest BCUT2D eigenvalue weighted by Crippen LogP contribution is 2.43. The van der Waals surface area contributed by atoms with Gasteiger partial charge in [-0.15, -0.1) is 0 Å². The molecule has 0 heterocycles. The molecule has 2 atom stereocenters. The summed E-state index contributed by atoms with van der Waals surface area (Å²) in [5, 5.41) is 0. The summed E-state index contributed by atoms with van der Waals surface area (Å²) in [6.45, 7) is 4.65. The molecule has 0 bridgehead atoms. The highest BCUT2D eigenvalue weighted by atomic mass is 31.2. The van der Waals surface area contributed by atoms with E-state index in [4.69, 9.17) is 24.3 Å². The van der Waals surface area contributed by atoms with Crippen LogP contribution in [-0.2, 0) is 27.9 Å². The summed E-state index contributed by atoms with van der Waals surface area (Å²) in [4.78, 5) is 22.4. The van der Waals surface area contributed by atoms with E-state index in [9.17, 15) is 14.3 Å². The molecule has 2 unspecified atom stereocenters. The Kier molecular flexibility index (Phi) is 43.9. The molecule has 0 aliphatic heterocycles. The van der Waals surface area contributed by atoms with Crippen LogP contribution >= 0.6 is 7.82 Å². The van der Waals surface area contributed by atoms with Crippen molar-refractivity contribution in [2.45, 2.75) is 187 Å². The predicted molar refractivity (Wildman–Crippen MR) is 247 cm³/mol. The van der Waals surface area contributed by atoms with Gasteiger partial charge in [0.1, 0.15) is 6.10 Å². The molecular formula is C49H86NO7P. The van der Waals surface area contributed by atoms with Gasteiger partial charge in [0.05, 0.1) is 26.2 Å². The topological polar surface area (TPSA) is 117 Å². The van der Waals surface area contributed by atoms with Crippen LogP contribution < -0.4 is 5.73 Å². The second kappa shape index (κ2) is 45.8. The quantitative estimate of drug-likeness (QED) is 0.0270. The summed E-state index contributed by atoms with van der Waals surface area (Å²) < 4.78 is 33.3. The smallest absolute Gasteiger partial charge is 0.457 e. The highest BCUT2D eigenvalue weighted by molar-refractivity contribution is 7.47. The molecule has 0 aromatic carbocycles. The molecule has 0 rings (SSSR count). The van der Waals surface area contributed by atoms with Crippen LogP contribution in [-0.4, -0.2) is 49.9 Å². The standard InChI is InChI=1S/C49H86NO7P/c1-3-5-7-9-11-13-15-17-19-20-21-22-23-24-25-26-27-29-31-33-35-37-39-41-44-54-46-48(47-56-58(52,53)55-45-43-50)57-49(51)42-40-38-36-34-32-30-28-18-16-14-12-10-8-6-4-2/h6,8,12,14-15,17-18,20-21,28,32,34,38,40,48H,3-5,7,9-11,13,16,19,22-27,29-31,33,35-37,39,41-47,50H2,1-2H3,(H,52,53)/b8-6-,14-12-,17-15-,21-20-,28-18-,34-32-,40-38-. The maximum absolute atomic E-state index is 12.5. The van der Waals surface area contributed by atoms with Crippen LogP contribution in [0.1, 0.15) is 181 Å². The van der Waals surface area contributed by atoms with Gasteiger partial charge in [-0.2, -0.15) is 0 Å². The molecule has 0 aliphatic rings. The first-order valence-corrected chi connectivity index (χ1v) is 24.6. The monoisotopic (exact) mass is 832 g/mol. The maximum Gasteiger partial charge on any atom is 0.472 e. The zero-order valence-corrected chi connectivity index (χ0v) is 37.9. The van der Waals surface area contributed by atoms with Crippen LogP contribution in [0, 0.1) is 0 Å². The molecule has 0 aliphatic carbocycles. The molecule has 0 aromatic rings. The maximum atomic E-state index is 12.5. The van der Waals surface area contributed by atoms with E-state index in [0.29, 0.717) is 13.0 Å². The number of ether oxygens (including phenoxy) is 2. The fraction of sp³-hybridized carbons (Fsp3) is 0.694. The highest BCUT2D eigenvalue weighted by Gasteiger charge is 2.25. The third kappa shape index (κ3) is 44.8. The number of phosphoric ester groups is 1. The lowest BCUT2D eigenvalue weighted by Crippen LogP contribution is -2.28. The molecule has 0 saturated heterocycles. The summed E-state index contributed by atoms with van der Waals surface area (Å²) in [5.41, 5.74) is 5.37. The minimum Gasteiger partial charge on any atom is -0.457 e. The Morgan fingerprint density at radius 3 is 1.45 bits per heavy atom. The lowest BCUT2D eigenvalue weighted by Gasteiger charge is -2.19. The van der Waals surface area contributed by atoms with Crippen molar-refractivity contribution in [3.63, 3.8) is 0 Å². The molecule has 8 nitrogen and oxygen atoms in total. The summed E-state index contributed by atoms with van der Waals surface area (Å²) in [5.74, 6) is -0.459. The minimum atomic E-state index is -4.31. The van der Waals surface area contributed by atoms with E-state index in [2.05, 4.69) is 86.8 Å². The number of nitrogens with two attached hydrogens (primary N) is 1. The van der Waals surface area contributed by atoms with Crippen LogP contribution in [0.15, 0.2) is 85.1 Å². The van der Waals surface area contributed by atoms with Crippen molar-refractivity contribution in [2.24, 2.45) is 5.73 Å². The molecule has 0 radical (unpaired) electrons. The van der Waals surface area contributed by atoms with Gasteiger partial charge in [0.25, 0.3) is 0 Å². The number of unbranched alkanes of at least 4 members (excludes halogenated alkanes) is 17. The number of phosphoric acid groups is 1. The van der Waals surface area contributed by atoms with E-state index in [-0.39, 0.29) is 32.8 Å². The Morgan fingerprint density at radius 2 is 0.966 bits per heavy atom. The number of carbonyl (C=O) groups excluding carboxylic acids is 1. The second-order valence-electron chi connectivity index (χ2n) is 14.9.